The molecule has 79 heavy (non-hydrogen) atoms. The van der Waals surface area contributed by atoms with E-state index in [9.17, 15) is 25.2 Å². The molecule has 0 bridgehead atoms. The van der Waals surface area contributed by atoms with Crippen molar-refractivity contribution in [2.75, 3.05) is 67.1 Å². The highest BCUT2D eigenvalue weighted by molar-refractivity contribution is 9.11. The van der Waals surface area contributed by atoms with E-state index >= 15 is 0 Å². The van der Waals surface area contributed by atoms with E-state index in [1.54, 1.807) is 37.2 Å². The van der Waals surface area contributed by atoms with Gasteiger partial charge in [0.25, 0.3) is 0 Å². The van der Waals surface area contributed by atoms with Gasteiger partial charge in [0.1, 0.15) is 0 Å². The van der Waals surface area contributed by atoms with Crippen molar-refractivity contribution in [3.8, 4) is 12.1 Å². The summed E-state index contributed by atoms with van der Waals surface area (Å²) in [7, 11) is 0. The molecule has 0 aliphatic carbocycles. The number of primary amides is 1. The number of carboxylic acids is 1. The summed E-state index contributed by atoms with van der Waals surface area (Å²) in [5.41, 5.74) is 7.87. The molecule has 16 nitrogen and oxygen atoms in total. The predicted octanol–water partition coefficient (Wildman–Crippen LogP) is 10.3. The third-order valence-electron chi connectivity index (χ3n) is 15.6. The minimum Gasteiger partial charge on any atom is -0.481 e. The summed E-state index contributed by atoms with van der Waals surface area (Å²) in [6.45, 7) is 6.16. The van der Waals surface area contributed by atoms with Crippen LogP contribution >= 0.6 is 47.8 Å². The number of rotatable bonds is 9. The highest BCUT2D eigenvalue weighted by Crippen LogP contribution is 2.39. The molecule has 3 aromatic heterocycles. The van der Waals surface area contributed by atoms with Gasteiger partial charge in [-0.25, -0.2) is 29.9 Å². The van der Waals surface area contributed by atoms with Gasteiger partial charge in [-0.3, -0.25) is 9.59 Å². The zero-order valence-electron chi connectivity index (χ0n) is 43.7. The van der Waals surface area contributed by atoms with Crippen LogP contribution in [0, 0.1) is 22.7 Å². The number of aromatic nitrogens is 6. The molecule has 11 rings (SSSR count). The number of carboxylic acid groups (broad SMARTS) is 1. The summed E-state index contributed by atoms with van der Waals surface area (Å²) in [4.78, 5) is 56.2. The third-order valence-corrected chi connectivity index (χ3v) is 16.8. The molecule has 7 heterocycles. The monoisotopic (exact) mass is 1250 g/mol. The van der Waals surface area contributed by atoms with Crippen molar-refractivity contribution >= 4 is 77.5 Å². The number of nitrogens with two attached hydrogens (primary N) is 1. The first-order chi connectivity index (χ1) is 38.3. The first-order valence-corrected chi connectivity index (χ1v) is 28.7. The molecule has 4 aliphatic heterocycles. The molecule has 0 radical (unpaired) electrons. The smallest absolute Gasteiger partial charge is 0.314 e. The van der Waals surface area contributed by atoms with Gasteiger partial charge in [-0.2, -0.15) is 10.5 Å². The number of hydrogen-bond acceptors (Lipinski definition) is 14. The van der Waals surface area contributed by atoms with E-state index in [1.165, 1.54) is 5.56 Å². The Morgan fingerprint density at radius 2 is 0.734 bits per heavy atom. The zero-order valence-corrected chi connectivity index (χ0v) is 48.5. The molecule has 19 heteroatoms. The SMILES string of the molecule is N#CC1(c2ccccc2)CCN(c2ncc(Br)cn2)CC1.N#CC1(c2ccccc2)CCNCC1.NC(=O)C1(c2ccccc2)CCN(c2ncc(Br)cn2)CC1.O=C(O)C1(c2ccccc2)CCN(c2ncc(Br)cn2)CC1. The van der Waals surface area contributed by atoms with Crippen LogP contribution in [-0.4, -0.2) is 99.2 Å². The molecule has 4 saturated heterocycles. The minimum absolute atomic E-state index is 0.244. The molecule has 4 aromatic carbocycles. The van der Waals surface area contributed by atoms with Gasteiger partial charge in [-0.1, -0.05) is 121 Å². The Bertz CT molecular complexity index is 3010. The Labute approximate surface area is 487 Å². The van der Waals surface area contributed by atoms with Gasteiger partial charge in [0.15, 0.2) is 0 Å². The second-order valence-electron chi connectivity index (χ2n) is 20.0. The molecule has 0 atom stereocenters. The molecule has 406 valence electrons. The first kappa shape index (κ1) is 58.0. The molecule has 4 N–H and O–H groups in total. The Morgan fingerprint density at radius 1 is 0.456 bits per heavy atom. The predicted molar refractivity (Wildman–Crippen MR) is 316 cm³/mol. The summed E-state index contributed by atoms with van der Waals surface area (Å²) in [6.07, 6.45) is 16.3. The van der Waals surface area contributed by atoms with E-state index in [1.807, 2.05) is 102 Å². The van der Waals surface area contributed by atoms with Crippen LogP contribution in [0.1, 0.15) is 73.6 Å². The van der Waals surface area contributed by atoms with Crippen LogP contribution in [0.3, 0.4) is 0 Å². The minimum atomic E-state index is -0.812. The van der Waals surface area contributed by atoms with Crippen LogP contribution in [0.25, 0.3) is 0 Å². The molecule has 0 saturated carbocycles. The Balaban J connectivity index is 0.000000140. The van der Waals surface area contributed by atoms with E-state index in [4.69, 9.17) is 5.73 Å². The summed E-state index contributed by atoms with van der Waals surface area (Å²) in [5, 5.41) is 32.1. The molecule has 1 amide bonds. The number of piperidine rings is 4. The quantitative estimate of drug-likeness (QED) is 0.122. The normalized spacial score (nSPS) is 17.7. The summed E-state index contributed by atoms with van der Waals surface area (Å²) in [6, 6.07) is 44.6. The summed E-state index contributed by atoms with van der Waals surface area (Å²) >= 11 is 9.99. The third kappa shape index (κ3) is 14.0. The fourth-order valence-electron chi connectivity index (χ4n) is 10.8. The van der Waals surface area contributed by atoms with Crippen molar-refractivity contribution in [1.82, 2.24) is 35.2 Å². The van der Waals surface area contributed by atoms with Crippen molar-refractivity contribution in [2.45, 2.75) is 73.0 Å². The highest BCUT2D eigenvalue weighted by atomic mass is 79.9. The summed E-state index contributed by atoms with van der Waals surface area (Å²) < 4.78 is 2.56. The molecule has 4 fully saturated rings. The van der Waals surface area contributed by atoms with Gasteiger partial charge in [0.05, 0.1) is 47.2 Å². The van der Waals surface area contributed by atoms with Gasteiger partial charge in [0, 0.05) is 76.4 Å². The van der Waals surface area contributed by atoms with Crippen LogP contribution in [-0.2, 0) is 31.2 Å². The maximum atomic E-state index is 12.1. The molecular formula is C60H62Br3N13O3. The number of benzene rings is 4. The lowest BCUT2D eigenvalue weighted by Crippen LogP contribution is -2.50. The van der Waals surface area contributed by atoms with E-state index in [2.05, 4.69) is 129 Å². The number of hydrogen-bond donors (Lipinski definition) is 3. The lowest BCUT2D eigenvalue weighted by Gasteiger charge is -2.40. The number of nitrogens with one attached hydrogen (secondary N) is 1. The maximum Gasteiger partial charge on any atom is 0.314 e. The van der Waals surface area contributed by atoms with Gasteiger partial charge < -0.3 is 30.9 Å². The van der Waals surface area contributed by atoms with E-state index < -0.39 is 16.8 Å². The van der Waals surface area contributed by atoms with Gasteiger partial charge in [-0.15, -0.1) is 0 Å². The fraction of sp³-hybridized carbons (Fsp3) is 0.333. The average molecular weight is 1250 g/mol. The van der Waals surface area contributed by atoms with Crippen LogP contribution in [0.15, 0.2) is 172 Å². The largest absolute Gasteiger partial charge is 0.481 e. The molecule has 0 spiro atoms. The van der Waals surface area contributed by atoms with Gasteiger partial charge >= 0.3 is 5.97 Å². The lowest BCUT2D eigenvalue weighted by atomic mass is 9.72. The number of carbonyl (C=O) groups is 2. The number of amides is 1. The molecular weight excluding hydrogens is 1190 g/mol. The number of anilines is 3. The fourth-order valence-corrected chi connectivity index (χ4v) is 11.4. The van der Waals surface area contributed by atoms with Crippen molar-refractivity contribution in [3.63, 3.8) is 0 Å². The van der Waals surface area contributed by atoms with E-state index in [-0.39, 0.29) is 16.7 Å². The summed E-state index contributed by atoms with van der Waals surface area (Å²) in [5.74, 6) is 1.06. The Kier molecular flexibility index (Phi) is 19.9. The number of aliphatic carboxylic acids is 1. The maximum absolute atomic E-state index is 12.1. The van der Waals surface area contributed by atoms with Crippen LogP contribution in [0.2, 0.25) is 0 Å². The van der Waals surface area contributed by atoms with Crippen molar-refractivity contribution in [1.29, 1.82) is 10.5 Å². The van der Waals surface area contributed by atoms with Crippen molar-refractivity contribution in [2.24, 2.45) is 5.73 Å². The lowest BCUT2D eigenvalue weighted by molar-refractivity contribution is -0.144. The molecule has 0 unspecified atom stereocenters. The Morgan fingerprint density at radius 3 is 1.04 bits per heavy atom. The van der Waals surface area contributed by atoms with Crippen LogP contribution in [0.4, 0.5) is 17.8 Å². The Hall–Kier alpha value is -7.16. The van der Waals surface area contributed by atoms with Crippen molar-refractivity contribution < 1.29 is 14.7 Å². The van der Waals surface area contributed by atoms with Crippen LogP contribution in [0.5, 0.6) is 0 Å². The van der Waals surface area contributed by atoms with E-state index in [0.717, 1.165) is 87.9 Å². The first-order valence-electron chi connectivity index (χ1n) is 26.3. The molecule has 4 aliphatic rings. The zero-order chi connectivity index (χ0) is 55.7. The van der Waals surface area contributed by atoms with E-state index in [0.29, 0.717) is 63.8 Å². The second-order valence-corrected chi connectivity index (χ2v) is 22.7. The van der Waals surface area contributed by atoms with Gasteiger partial charge in [-0.05, 0) is 134 Å². The number of halogens is 3. The van der Waals surface area contributed by atoms with Gasteiger partial charge in [0.2, 0.25) is 23.8 Å². The molecule has 7 aromatic rings. The number of nitriles is 2. The number of carbonyl (C=O) groups excluding carboxylic acids is 1. The average Bonchev–Trinajstić information content (AvgIpc) is 3.62. The standard InChI is InChI=1S/C16H17BrN4O.C16H15BrN4.C16H16BrN3O2.C12H14N2/c17-13-10-19-15(20-11-13)21-8-6-16(7-9-21,14(18)22)12-4-2-1-3-5-12;17-14-10-19-15(20-11-14)21-8-6-16(12-18,7-9-21)13-4-2-1-3-5-13;17-13-10-18-15(19-11-13)20-8-6-16(7-9-20,14(21)22)12-4-2-1-3-5-12;13-10-12(6-8-14-9-7-12)11-4-2-1-3-5-11/h1-5,10-11H,6-9H2,(H2,18,22);1-5,10-11H,6-9H2;1-5,10-11H,6-9H2,(H,21,22);1-5,14H,6-9H2. The van der Waals surface area contributed by atoms with Crippen molar-refractivity contribution in [3.05, 3.63) is 194 Å². The number of nitrogens with zero attached hydrogens (tertiary/aromatic N) is 11. The van der Waals surface area contributed by atoms with Crippen LogP contribution < -0.4 is 25.8 Å². The highest BCUT2D eigenvalue weighted by Gasteiger charge is 2.44. The topological polar surface area (TPSA) is 227 Å². The second kappa shape index (κ2) is 27.1.